The van der Waals surface area contributed by atoms with Crippen LogP contribution in [0.2, 0.25) is 5.02 Å². The predicted molar refractivity (Wildman–Crippen MR) is 79.9 cm³/mol. The molecule has 0 aliphatic carbocycles. The Morgan fingerprint density at radius 3 is 2.74 bits per heavy atom. The number of likely N-dealkylation sites (N-methyl/N-ethyl adjacent to an activating group) is 1. The molecule has 0 bridgehead atoms. The van der Waals surface area contributed by atoms with Gasteiger partial charge in [-0.15, -0.1) is 0 Å². The van der Waals surface area contributed by atoms with Crippen molar-refractivity contribution in [3.63, 3.8) is 0 Å². The number of nitrogens with one attached hydrogen (secondary N) is 2. The molecule has 2 rings (SSSR count). The zero-order chi connectivity index (χ0) is 14.0. The van der Waals surface area contributed by atoms with Gasteiger partial charge in [0, 0.05) is 31.2 Å². The maximum Gasteiger partial charge on any atom is 0.221 e. The van der Waals surface area contributed by atoms with Crippen molar-refractivity contribution in [3.05, 3.63) is 23.2 Å². The Morgan fingerprint density at radius 2 is 2.21 bits per heavy atom. The Kier molecular flexibility index (Phi) is 4.32. The van der Waals surface area contributed by atoms with Crippen molar-refractivity contribution < 1.29 is 4.79 Å². The van der Waals surface area contributed by atoms with Crippen LogP contribution in [0.1, 0.15) is 20.3 Å². The van der Waals surface area contributed by atoms with Gasteiger partial charge in [0.05, 0.1) is 10.7 Å². The molecule has 1 aromatic rings. The first kappa shape index (κ1) is 14.2. The van der Waals surface area contributed by atoms with E-state index in [1.807, 2.05) is 18.2 Å². The molecule has 0 spiro atoms. The van der Waals surface area contributed by atoms with Gasteiger partial charge in [0.25, 0.3) is 0 Å². The molecule has 4 nitrogen and oxygen atoms in total. The zero-order valence-corrected chi connectivity index (χ0v) is 12.3. The summed E-state index contributed by atoms with van der Waals surface area (Å²) in [6, 6.07) is 6.68. The number of anilines is 2. The van der Waals surface area contributed by atoms with Gasteiger partial charge in [-0.05, 0) is 38.6 Å². The zero-order valence-electron chi connectivity index (χ0n) is 11.5. The van der Waals surface area contributed by atoms with E-state index in [-0.39, 0.29) is 5.91 Å². The van der Waals surface area contributed by atoms with E-state index in [1.165, 1.54) is 6.92 Å². The Labute approximate surface area is 119 Å². The summed E-state index contributed by atoms with van der Waals surface area (Å²) >= 11 is 6.15. The molecule has 1 aromatic carbocycles. The highest BCUT2D eigenvalue weighted by Gasteiger charge is 2.25. The van der Waals surface area contributed by atoms with Gasteiger partial charge in [0.2, 0.25) is 5.91 Å². The monoisotopic (exact) mass is 281 g/mol. The summed E-state index contributed by atoms with van der Waals surface area (Å²) < 4.78 is 0. The quantitative estimate of drug-likeness (QED) is 0.895. The lowest BCUT2D eigenvalue weighted by molar-refractivity contribution is -0.114. The average Bonchev–Trinajstić information content (AvgIpc) is 2.61. The van der Waals surface area contributed by atoms with Gasteiger partial charge in [-0.2, -0.15) is 0 Å². The van der Waals surface area contributed by atoms with Gasteiger partial charge >= 0.3 is 0 Å². The average molecular weight is 282 g/mol. The summed E-state index contributed by atoms with van der Waals surface area (Å²) in [7, 11) is 2.14. The fourth-order valence-corrected chi connectivity index (χ4v) is 2.66. The summed E-state index contributed by atoms with van der Waals surface area (Å²) in [6.45, 7) is 4.74. The van der Waals surface area contributed by atoms with Crippen LogP contribution in [0, 0.1) is 0 Å². The van der Waals surface area contributed by atoms with Crippen molar-refractivity contribution in [2.75, 3.05) is 24.2 Å². The highest BCUT2D eigenvalue weighted by Crippen LogP contribution is 2.27. The number of carbonyl (C=O) groups excluding carboxylic acids is 1. The number of carbonyl (C=O) groups is 1. The van der Waals surface area contributed by atoms with Crippen molar-refractivity contribution in [1.82, 2.24) is 4.90 Å². The Morgan fingerprint density at radius 1 is 1.47 bits per heavy atom. The number of hydrogen-bond acceptors (Lipinski definition) is 3. The molecule has 104 valence electrons. The summed E-state index contributed by atoms with van der Waals surface area (Å²) in [5.74, 6) is -0.117. The number of nitrogens with zero attached hydrogens (tertiary/aromatic N) is 1. The molecule has 1 aliphatic heterocycles. The molecular weight excluding hydrogens is 262 g/mol. The van der Waals surface area contributed by atoms with Crippen molar-refractivity contribution in [1.29, 1.82) is 0 Å². The highest BCUT2D eigenvalue weighted by molar-refractivity contribution is 6.34. The minimum Gasteiger partial charge on any atom is -0.381 e. The molecule has 2 atom stereocenters. The summed E-state index contributed by atoms with van der Waals surface area (Å²) in [6.07, 6.45) is 1.13. The fraction of sp³-hybridized carbons (Fsp3) is 0.500. The van der Waals surface area contributed by atoms with Crippen molar-refractivity contribution >= 4 is 28.9 Å². The third-order valence-electron chi connectivity index (χ3n) is 3.54. The van der Waals surface area contributed by atoms with E-state index in [0.29, 0.717) is 22.8 Å². The largest absolute Gasteiger partial charge is 0.381 e. The highest BCUT2D eigenvalue weighted by atomic mass is 35.5. The third kappa shape index (κ3) is 3.61. The van der Waals surface area contributed by atoms with Crippen LogP contribution in [0.4, 0.5) is 11.4 Å². The SMILES string of the molecule is CC(=O)Nc1ccc(NC2CC(C)N(C)C2)cc1Cl. The topological polar surface area (TPSA) is 44.4 Å². The number of likely N-dealkylation sites (tertiary alicyclic amines) is 1. The smallest absolute Gasteiger partial charge is 0.221 e. The normalized spacial score (nSPS) is 23.4. The van der Waals surface area contributed by atoms with Crippen LogP contribution in [0.15, 0.2) is 18.2 Å². The first-order valence-corrected chi connectivity index (χ1v) is 6.87. The molecule has 1 heterocycles. The Bertz CT molecular complexity index is 468. The van der Waals surface area contributed by atoms with E-state index >= 15 is 0 Å². The molecule has 2 unspecified atom stereocenters. The molecule has 2 N–H and O–H groups in total. The Hall–Kier alpha value is -1.26. The maximum absolute atomic E-state index is 11.0. The molecule has 5 heteroatoms. The van der Waals surface area contributed by atoms with E-state index < -0.39 is 0 Å². The lowest BCUT2D eigenvalue weighted by Gasteiger charge is -2.15. The molecule has 0 radical (unpaired) electrons. The summed E-state index contributed by atoms with van der Waals surface area (Å²) in [4.78, 5) is 13.3. The van der Waals surface area contributed by atoms with Crippen molar-refractivity contribution in [3.8, 4) is 0 Å². The molecule has 0 aromatic heterocycles. The summed E-state index contributed by atoms with van der Waals surface area (Å²) in [5, 5.41) is 6.74. The van der Waals surface area contributed by atoms with Gasteiger partial charge in [-0.1, -0.05) is 11.6 Å². The van der Waals surface area contributed by atoms with Crippen LogP contribution in [0.3, 0.4) is 0 Å². The van der Waals surface area contributed by atoms with E-state index in [1.54, 1.807) is 0 Å². The minimum atomic E-state index is -0.117. The van der Waals surface area contributed by atoms with Crippen LogP contribution >= 0.6 is 11.6 Å². The van der Waals surface area contributed by atoms with Crippen LogP contribution in [0.5, 0.6) is 0 Å². The third-order valence-corrected chi connectivity index (χ3v) is 3.85. The molecule has 1 saturated heterocycles. The van der Waals surface area contributed by atoms with Crippen LogP contribution in [-0.4, -0.2) is 36.5 Å². The first-order valence-electron chi connectivity index (χ1n) is 6.49. The molecule has 1 fully saturated rings. The second kappa shape index (κ2) is 5.80. The van der Waals surface area contributed by atoms with E-state index in [2.05, 4.69) is 29.5 Å². The standard InChI is InChI=1S/C14H20ClN3O/c1-9-6-12(8-18(9)3)17-11-4-5-14(13(15)7-11)16-10(2)19/h4-5,7,9,12,17H,6,8H2,1-3H3,(H,16,19). The minimum absolute atomic E-state index is 0.117. The van der Waals surface area contributed by atoms with Gasteiger partial charge in [0.15, 0.2) is 0 Å². The van der Waals surface area contributed by atoms with Gasteiger partial charge in [-0.3, -0.25) is 4.79 Å². The number of benzene rings is 1. The number of amides is 1. The number of rotatable bonds is 3. The molecule has 1 aliphatic rings. The van der Waals surface area contributed by atoms with E-state index in [0.717, 1.165) is 18.7 Å². The maximum atomic E-state index is 11.0. The lowest BCUT2D eigenvalue weighted by Crippen LogP contribution is -2.24. The van der Waals surface area contributed by atoms with Crippen LogP contribution < -0.4 is 10.6 Å². The van der Waals surface area contributed by atoms with Gasteiger partial charge in [-0.25, -0.2) is 0 Å². The Balaban J connectivity index is 2.02. The van der Waals surface area contributed by atoms with Crippen LogP contribution in [-0.2, 0) is 4.79 Å². The van der Waals surface area contributed by atoms with Gasteiger partial charge < -0.3 is 15.5 Å². The lowest BCUT2D eigenvalue weighted by atomic mass is 10.2. The van der Waals surface area contributed by atoms with Crippen molar-refractivity contribution in [2.24, 2.45) is 0 Å². The second-order valence-electron chi connectivity index (χ2n) is 5.24. The number of halogens is 1. The second-order valence-corrected chi connectivity index (χ2v) is 5.65. The van der Waals surface area contributed by atoms with E-state index in [9.17, 15) is 4.79 Å². The molecule has 19 heavy (non-hydrogen) atoms. The summed E-state index contributed by atoms with van der Waals surface area (Å²) in [5.41, 5.74) is 1.64. The van der Waals surface area contributed by atoms with Crippen molar-refractivity contribution in [2.45, 2.75) is 32.4 Å². The molecule has 0 saturated carbocycles. The van der Waals surface area contributed by atoms with E-state index in [4.69, 9.17) is 11.6 Å². The van der Waals surface area contributed by atoms with Gasteiger partial charge in [0.1, 0.15) is 0 Å². The first-order chi connectivity index (χ1) is 8.95. The fourth-order valence-electron chi connectivity index (χ4n) is 2.43. The molecule has 1 amide bonds. The number of hydrogen-bond donors (Lipinski definition) is 2. The van der Waals surface area contributed by atoms with Crippen LogP contribution in [0.25, 0.3) is 0 Å². The molecular formula is C14H20ClN3O. The predicted octanol–water partition coefficient (Wildman–Crippen LogP) is 2.80.